The Labute approximate surface area is 145 Å². The van der Waals surface area contributed by atoms with Crippen LogP contribution in [0, 0.1) is 0 Å². The molecule has 0 N–H and O–H groups in total. The summed E-state index contributed by atoms with van der Waals surface area (Å²) in [7, 11) is -3.42. The lowest BCUT2D eigenvalue weighted by Crippen LogP contribution is -2.40. The van der Waals surface area contributed by atoms with E-state index in [1.165, 1.54) is 0 Å². The summed E-state index contributed by atoms with van der Waals surface area (Å²) in [5, 5.41) is 0. The Morgan fingerprint density at radius 2 is 1.68 bits per heavy atom. The second-order valence-corrected chi connectivity index (χ2v) is 7.40. The second-order valence-electron chi connectivity index (χ2n) is 5.64. The van der Waals surface area contributed by atoms with Crippen molar-refractivity contribution in [1.82, 2.24) is 4.90 Å². The van der Waals surface area contributed by atoms with E-state index in [-0.39, 0.29) is 5.75 Å². The van der Waals surface area contributed by atoms with Gasteiger partial charge >= 0.3 is 0 Å². The normalized spacial score (nSPS) is 18.2. The number of ether oxygens (including phenoxy) is 1. The van der Waals surface area contributed by atoms with Crippen molar-refractivity contribution < 1.29 is 13.2 Å². The Morgan fingerprint density at radius 1 is 0.960 bits per heavy atom. The molecule has 0 amide bonds. The van der Waals surface area contributed by atoms with Crippen LogP contribution in [-0.4, -0.2) is 37.8 Å². The number of fused-ring (bicyclic) bond motifs is 1. The SMILES string of the molecule is O=S1(=O)CCN2C=NC=C(c3ccc(Oc4ccccc4)cc3)C2=N1. The molecule has 2 aromatic rings. The van der Waals surface area contributed by atoms with E-state index in [1.54, 1.807) is 17.4 Å². The molecule has 6 nitrogen and oxygen atoms in total. The molecule has 0 aliphatic carbocycles. The van der Waals surface area contributed by atoms with Crippen molar-refractivity contribution in [2.75, 3.05) is 12.3 Å². The van der Waals surface area contributed by atoms with Gasteiger partial charge in [-0.1, -0.05) is 30.3 Å². The molecule has 0 unspecified atom stereocenters. The molecule has 0 spiro atoms. The van der Waals surface area contributed by atoms with E-state index >= 15 is 0 Å². The molecule has 2 aliphatic rings. The van der Waals surface area contributed by atoms with Crippen LogP contribution < -0.4 is 4.74 Å². The summed E-state index contributed by atoms with van der Waals surface area (Å²) >= 11 is 0. The zero-order valence-corrected chi connectivity index (χ0v) is 14.1. The summed E-state index contributed by atoms with van der Waals surface area (Å²) in [6.07, 6.45) is 3.23. The van der Waals surface area contributed by atoms with Gasteiger partial charge < -0.3 is 9.64 Å². The molecule has 0 aromatic heterocycles. The molecule has 0 saturated carbocycles. The van der Waals surface area contributed by atoms with Gasteiger partial charge in [-0.05, 0) is 29.8 Å². The highest BCUT2D eigenvalue weighted by atomic mass is 32.2. The minimum atomic E-state index is -3.42. The number of amidine groups is 1. The molecule has 2 aromatic carbocycles. The number of benzene rings is 2. The van der Waals surface area contributed by atoms with E-state index in [9.17, 15) is 8.42 Å². The van der Waals surface area contributed by atoms with Crippen LogP contribution in [0.5, 0.6) is 11.5 Å². The van der Waals surface area contributed by atoms with Crippen molar-refractivity contribution in [3.63, 3.8) is 0 Å². The molecule has 0 fully saturated rings. The van der Waals surface area contributed by atoms with Crippen LogP contribution >= 0.6 is 0 Å². The molecule has 126 valence electrons. The minimum Gasteiger partial charge on any atom is -0.457 e. The van der Waals surface area contributed by atoms with Gasteiger partial charge in [0, 0.05) is 18.3 Å². The molecule has 7 heteroatoms. The van der Waals surface area contributed by atoms with E-state index in [0.29, 0.717) is 23.7 Å². The van der Waals surface area contributed by atoms with Crippen molar-refractivity contribution in [2.45, 2.75) is 0 Å². The van der Waals surface area contributed by atoms with Gasteiger partial charge in [0.1, 0.15) is 11.5 Å². The van der Waals surface area contributed by atoms with E-state index < -0.39 is 10.0 Å². The first-order chi connectivity index (χ1) is 12.1. The van der Waals surface area contributed by atoms with Gasteiger partial charge in [0.05, 0.1) is 12.1 Å². The van der Waals surface area contributed by atoms with Gasteiger partial charge in [0.25, 0.3) is 10.0 Å². The summed E-state index contributed by atoms with van der Waals surface area (Å²) in [4.78, 5) is 5.94. The second kappa shape index (κ2) is 6.18. The topological polar surface area (TPSA) is 71.3 Å². The molecule has 25 heavy (non-hydrogen) atoms. The maximum Gasteiger partial charge on any atom is 0.256 e. The first kappa shape index (κ1) is 15.6. The standard InChI is InChI=1S/C18H15N3O3S/c22-25(23)11-10-21-13-19-12-17(18(21)20-25)14-6-8-16(9-7-14)24-15-4-2-1-3-5-15/h1-9,12-13H,10-11H2. The van der Waals surface area contributed by atoms with E-state index in [4.69, 9.17) is 4.74 Å². The third-order valence-corrected chi connectivity index (χ3v) is 5.03. The fourth-order valence-electron chi connectivity index (χ4n) is 2.64. The highest BCUT2D eigenvalue weighted by Crippen LogP contribution is 2.27. The quantitative estimate of drug-likeness (QED) is 0.851. The Kier molecular flexibility index (Phi) is 3.85. The van der Waals surface area contributed by atoms with Crippen LogP contribution in [0.3, 0.4) is 0 Å². The molecule has 0 radical (unpaired) electrons. The van der Waals surface area contributed by atoms with Crippen molar-refractivity contribution >= 4 is 27.8 Å². The van der Waals surface area contributed by atoms with Gasteiger partial charge in [-0.3, -0.25) is 0 Å². The first-order valence-corrected chi connectivity index (χ1v) is 9.38. The summed E-state index contributed by atoms with van der Waals surface area (Å²) in [6, 6.07) is 16.9. The molecular formula is C18H15N3O3S. The monoisotopic (exact) mass is 353 g/mol. The van der Waals surface area contributed by atoms with Crippen molar-refractivity contribution in [3.05, 3.63) is 66.4 Å². The predicted molar refractivity (Wildman–Crippen MR) is 97.4 cm³/mol. The highest BCUT2D eigenvalue weighted by Gasteiger charge is 2.28. The zero-order chi connectivity index (χ0) is 17.3. The third kappa shape index (κ3) is 3.32. The summed E-state index contributed by atoms with van der Waals surface area (Å²) in [5.41, 5.74) is 1.51. The van der Waals surface area contributed by atoms with Crippen LogP contribution in [0.15, 0.2) is 70.2 Å². The Hall–Kier alpha value is -2.93. The minimum absolute atomic E-state index is 0.000344. The number of hydrogen-bond donors (Lipinski definition) is 0. The molecule has 2 aliphatic heterocycles. The molecule has 4 rings (SSSR count). The van der Waals surface area contributed by atoms with Crippen molar-refractivity contribution in [1.29, 1.82) is 0 Å². The molecule has 0 atom stereocenters. The van der Waals surface area contributed by atoms with Gasteiger partial charge in [-0.2, -0.15) is 0 Å². The van der Waals surface area contributed by atoms with Crippen LogP contribution in [0.4, 0.5) is 0 Å². The van der Waals surface area contributed by atoms with Crippen LogP contribution in [0.25, 0.3) is 5.57 Å². The number of rotatable bonds is 3. The van der Waals surface area contributed by atoms with Crippen LogP contribution in [0.1, 0.15) is 5.56 Å². The number of nitrogens with zero attached hydrogens (tertiary/aromatic N) is 3. The number of hydrogen-bond acceptors (Lipinski definition) is 5. The van der Waals surface area contributed by atoms with Gasteiger partial charge in [0.2, 0.25) is 0 Å². The van der Waals surface area contributed by atoms with Gasteiger partial charge in [0.15, 0.2) is 5.84 Å². The lowest BCUT2D eigenvalue weighted by Gasteiger charge is -2.28. The highest BCUT2D eigenvalue weighted by molar-refractivity contribution is 7.90. The predicted octanol–water partition coefficient (Wildman–Crippen LogP) is 2.91. The maximum atomic E-state index is 11.8. The van der Waals surface area contributed by atoms with Crippen molar-refractivity contribution in [2.24, 2.45) is 9.39 Å². The average Bonchev–Trinajstić information content (AvgIpc) is 2.62. The first-order valence-electron chi connectivity index (χ1n) is 7.77. The Morgan fingerprint density at radius 3 is 2.44 bits per heavy atom. The largest absolute Gasteiger partial charge is 0.457 e. The molecule has 2 heterocycles. The van der Waals surface area contributed by atoms with Gasteiger partial charge in [-0.15, -0.1) is 4.40 Å². The smallest absolute Gasteiger partial charge is 0.256 e. The molecule has 0 bridgehead atoms. The zero-order valence-electron chi connectivity index (χ0n) is 13.2. The lowest BCUT2D eigenvalue weighted by molar-refractivity contribution is 0.482. The number of aliphatic imine (C=N–C) groups is 1. The maximum absolute atomic E-state index is 11.8. The fourth-order valence-corrected chi connectivity index (χ4v) is 3.63. The van der Waals surface area contributed by atoms with E-state index in [2.05, 4.69) is 9.39 Å². The molecular weight excluding hydrogens is 338 g/mol. The summed E-state index contributed by atoms with van der Waals surface area (Å²) in [6.45, 7) is 0.358. The summed E-state index contributed by atoms with van der Waals surface area (Å²) in [5.74, 6) is 1.87. The van der Waals surface area contributed by atoms with Gasteiger partial charge in [-0.25, -0.2) is 13.4 Å². The average molecular weight is 353 g/mol. The lowest BCUT2D eigenvalue weighted by atomic mass is 10.0. The number of para-hydroxylation sites is 1. The Bertz CT molecular complexity index is 978. The van der Waals surface area contributed by atoms with E-state index in [1.807, 2.05) is 54.6 Å². The fraction of sp³-hybridized carbons (Fsp3) is 0.111. The Balaban J connectivity index is 1.62. The third-order valence-electron chi connectivity index (χ3n) is 3.88. The van der Waals surface area contributed by atoms with Crippen LogP contribution in [0.2, 0.25) is 0 Å². The molecule has 0 saturated heterocycles. The van der Waals surface area contributed by atoms with Crippen molar-refractivity contribution in [3.8, 4) is 11.5 Å². The number of sulfonamides is 1. The van der Waals surface area contributed by atoms with Crippen LogP contribution in [-0.2, 0) is 10.0 Å². The van der Waals surface area contributed by atoms with E-state index in [0.717, 1.165) is 11.3 Å². The summed E-state index contributed by atoms with van der Waals surface area (Å²) < 4.78 is 33.4.